The molecule has 2 heterocycles. The van der Waals surface area contributed by atoms with E-state index in [-0.39, 0.29) is 12.1 Å². The standard InChI is InChI=1S/C16H20N4O3S/c1-3-17-16(23)19-12(21)7-20-8-18-14-13(15(20)22)10-5-4-9(2)6-11(10)24-14/h8-9H,3-7H2,1-2H3,(H2,17,19,21,23)/t9-/m1/s1. The Morgan fingerprint density at radius 2 is 2.25 bits per heavy atom. The van der Waals surface area contributed by atoms with Crippen LogP contribution < -0.4 is 16.2 Å². The number of nitrogens with zero attached hydrogens (tertiary/aromatic N) is 2. The number of rotatable bonds is 3. The largest absolute Gasteiger partial charge is 0.338 e. The SMILES string of the molecule is CCNC(=O)NC(=O)Cn1cnc2sc3c(c2c1=O)CC[C@@H](C)C3. The van der Waals surface area contributed by atoms with Crippen LogP contribution in [0.5, 0.6) is 0 Å². The highest BCUT2D eigenvalue weighted by atomic mass is 32.1. The van der Waals surface area contributed by atoms with Gasteiger partial charge in [0.1, 0.15) is 11.4 Å². The molecule has 1 aliphatic rings. The average molecular weight is 348 g/mol. The average Bonchev–Trinajstić information content (AvgIpc) is 2.88. The van der Waals surface area contributed by atoms with E-state index in [0.717, 1.165) is 29.7 Å². The molecule has 0 saturated heterocycles. The van der Waals surface area contributed by atoms with E-state index in [4.69, 9.17) is 0 Å². The zero-order chi connectivity index (χ0) is 17.3. The Labute approximate surface area is 143 Å². The Bertz CT molecular complexity index is 855. The molecule has 3 rings (SSSR count). The first-order chi connectivity index (χ1) is 11.5. The number of imide groups is 1. The minimum absolute atomic E-state index is 0.210. The second-order valence-corrected chi connectivity index (χ2v) is 7.20. The third-order valence-corrected chi connectivity index (χ3v) is 5.35. The van der Waals surface area contributed by atoms with E-state index in [2.05, 4.69) is 22.5 Å². The molecular weight excluding hydrogens is 328 g/mol. The van der Waals surface area contributed by atoms with E-state index in [1.54, 1.807) is 18.3 Å². The van der Waals surface area contributed by atoms with E-state index in [9.17, 15) is 14.4 Å². The van der Waals surface area contributed by atoms with Crippen molar-refractivity contribution in [2.45, 2.75) is 39.7 Å². The predicted octanol–water partition coefficient (Wildman–Crippen LogP) is 1.43. The van der Waals surface area contributed by atoms with Gasteiger partial charge in [0.25, 0.3) is 5.56 Å². The molecule has 0 unspecified atom stereocenters. The molecule has 1 atom stereocenters. The molecule has 0 aromatic carbocycles. The molecule has 8 heteroatoms. The summed E-state index contributed by atoms with van der Waals surface area (Å²) in [5, 5.41) is 5.30. The number of carbonyl (C=O) groups is 2. The molecule has 24 heavy (non-hydrogen) atoms. The van der Waals surface area contributed by atoms with Crippen molar-refractivity contribution in [3.63, 3.8) is 0 Å². The number of urea groups is 1. The van der Waals surface area contributed by atoms with Gasteiger partial charge in [-0.2, -0.15) is 0 Å². The highest BCUT2D eigenvalue weighted by Crippen LogP contribution is 2.35. The Kier molecular flexibility index (Phi) is 4.66. The van der Waals surface area contributed by atoms with Gasteiger partial charge in [0, 0.05) is 11.4 Å². The second-order valence-electron chi connectivity index (χ2n) is 6.12. The van der Waals surface area contributed by atoms with Crippen LogP contribution in [0.2, 0.25) is 0 Å². The van der Waals surface area contributed by atoms with Gasteiger partial charge >= 0.3 is 6.03 Å². The summed E-state index contributed by atoms with van der Waals surface area (Å²) in [6.07, 6.45) is 4.30. The smallest absolute Gasteiger partial charge is 0.321 e. The van der Waals surface area contributed by atoms with Crippen LogP contribution in [0.3, 0.4) is 0 Å². The van der Waals surface area contributed by atoms with Gasteiger partial charge in [0.2, 0.25) is 5.91 Å². The molecule has 1 aliphatic carbocycles. The van der Waals surface area contributed by atoms with Crippen LogP contribution in [-0.2, 0) is 24.2 Å². The number of carbonyl (C=O) groups excluding carboxylic acids is 2. The number of hydrogen-bond acceptors (Lipinski definition) is 5. The van der Waals surface area contributed by atoms with Crippen LogP contribution in [0, 0.1) is 5.92 Å². The Morgan fingerprint density at radius 1 is 1.46 bits per heavy atom. The summed E-state index contributed by atoms with van der Waals surface area (Å²) in [4.78, 5) is 42.3. The van der Waals surface area contributed by atoms with Gasteiger partial charge in [-0.15, -0.1) is 11.3 Å². The third kappa shape index (κ3) is 3.19. The summed E-state index contributed by atoms with van der Waals surface area (Å²) in [6.45, 7) is 4.17. The van der Waals surface area contributed by atoms with Crippen molar-refractivity contribution < 1.29 is 9.59 Å². The molecule has 2 aromatic heterocycles. The van der Waals surface area contributed by atoms with E-state index >= 15 is 0 Å². The van der Waals surface area contributed by atoms with Gasteiger partial charge in [-0.05, 0) is 37.7 Å². The number of hydrogen-bond donors (Lipinski definition) is 2. The molecule has 0 radical (unpaired) electrons. The Hall–Kier alpha value is -2.22. The van der Waals surface area contributed by atoms with E-state index in [1.807, 2.05) is 0 Å². The van der Waals surface area contributed by atoms with Crippen molar-refractivity contribution in [2.24, 2.45) is 5.92 Å². The molecule has 0 saturated carbocycles. The maximum absolute atomic E-state index is 12.7. The summed E-state index contributed by atoms with van der Waals surface area (Å²) < 4.78 is 1.27. The summed E-state index contributed by atoms with van der Waals surface area (Å²) >= 11 is 1.57. The van der Waals surface area contributed by atoms with Crippen LogP contribution in [0.25, 0.3) is 10.2 Å². The number of amides is 3. The van der Waals surface area contributed by atoms with Crippen molar-refractivity contribution in [3.05, 3.63) is 27.1 Å². The normalized spacial score (nSPS) is 16.7. The van der Waals surface area contributed by atoms with Crippen LogP contribution >= 0.6 is 11.3 Å². The molecule has 2 aromatic rings. The minimum Gasteiger partial charge on any atom is -0.338 e. The molecule has 2 N–H and O–H groups in total. The topological polar surface area (TPSA) is 93.1 Å². The number of nitrogens with one attached hydrogen (secondary N) is 2. The van der Waals surface area contributed by atoms with Crippen molar-refractivity contribution in [2.75, 3.05) is 6.54 Å². The lowest BCUT2D eigenvalue weighted by Gasteiger charge is -2.17. The Balaban J connectivity index is 1.88. The fraction of sp³-hybridized carbons (Fsp3) is 0.500. The van der Waals surface area contributed by atoms with Gasteiger partial charge in [0.05, 0.1) is 11.7 Å². The molecule has 0 spiro atoms. The lowest BCUT2D eigenvalue weighted by molar-refractivity contribution is -0.120. The van der Waals surface area contributed by atoms with E-state index < -0.39 is 11.9 Å². The second kappa shape index (κ2) is 6.72. The number of aromatic nitrogens is 2. The molecule has 0 bridgehead atoms. The first kappa shape index (κ1) is 16.6. The highest BCUT2D eigenvalue weighted by molar-refractivity contribution is 7.18. The summed E-state index contributed by atoms with van der Waals surface area (Å²) in [5.74, 6) is 0.0811. The van der Waals surface area contributed by atoms with Crippen molar-refractivity contribution in [1.82, 2.24) is 20.2 Å². The molecule has 128 valence electrons. The highest BCUT2D eigenvalue weighted by Gasteiger charge is 2.23. The van der Waals surface area contributed by atoms with Gasteiger partial charge in [0.15, 0.2) is 0 Å². The van der Waals surface area contributed by atoms with Crippen LogP contribution in [0.4, 0.5) is 4.79 Å². The number of thiophene rings is 1. The minimum atomic E-state index is -0.563. The first-order valence-corrected chi connectivity index (χ1v) is 8.88. The Morgan fingerprint density at radius 3 is 3.00 bits per heavy atom. The molecule has 7 nitrogen and oxygen atoms in total. The van der Waals surface area contributed by atoms with Crippen molar-refractivity contribution in [1.29, 1.82) is 0 Å². The lowest BCUT2D eigenvalue weighted by Crippen LogP contribution is -2.42. The molecule has 0 aliphatic heterocycles. The quantitative estimate of drug-likeness (QED) is 0.877. The van der Waals surface area contributed by atoms with Crippen molar-refractivity contribution in [3.8, 4) is 0 Å². The molecular formula is C16H20N4O3S. The van der Waals surface area contributed by atoms with Gasteiger partial charge < -0.3 is 5.32 Å². The zero-order valence-corrected chi connectivity index (χ0v) is 14.5. The number of fused-ring (bicyclic) bond motifs is 3. The van der Waals surface area contributed by atoms with Crippen LogP contribution in [-0.4, -0.2) is 28.0 Å². The van der Waals surface area contributed by atoms with E-state index in [1.165, 1.54) is 15.8 Å². The summed E-state index contributed by atoms with van der Waals surface area (Å²) in [7, 11) is 0. The molecule has 0 fully saturated rings. The summed E-state index contributed by atoms with van der Waals surface area (Å²) in [5.41, 5.74) is 0.877. The molecule has 3 amide bonds. The lowest BCUT2D eigenvalue weighted by atomic mass is 9.89. The maximum Gasteiger partial charge on any atom is 0.321 e. The zero-order valence-electron chi connectivity index (χ0n) is 13.7. The van der Waals surface area contributed by atoms with Crippen molar-refractivity contribution >= 4 is 33.5 Å². The number of aryl methyl sites for hydroxylation is 1. The maximum atomic E-state index is 12.7. The first-order valence-electron chi connectivity index (χ1n) is 8.07. The van der Waals surface area contributed by atoms with Gasteiger partial charge in [-0.25, -0.2) is 9.78 Å². The van der Waals surface area contributed by atoms with Crippen LogP contribution in [0.1, 0.15) is 30.7 Å². The van der Waals surface area contributed by atoms with Gasteiger partial charge in [-0.3, -0.25) is 19.5 Å². The summed E-state index contributed by atoms with van der Waals surface area (Å²) in [6, 6.07) is -0.563. The predicted molar refractivity (Wildman–Crippen MR) is 92.3 cm³/mol. The fourth-order valence-electron chi connectivity index (χ4n) is 3.00. The third-order valence-electron chi connectivity index (χ3n) is 4.19. The van der Waals surface area contributed by atoms with Gasteiger partial charge in [-0.1, -0.05) is 6.92 Å². The monoisotopic (exact) mass is 348 g/mol. The van der Waals surface area contributed by atoms with Crippen LogP contribution in [0.15, 0.2) is 11.1 Å². The fourth-order valence-corrected chi connectivity index (χ4v) is 4.35. The van der Waals surface area contributed by atoms with E-state index in [0.29, 0.717) is 17.8 Å².